The first-order valence-electron chi connectivity index (χ1n) is 6.99. The summed E-state index contributed by atoms with van der Waals surface area (Å²) in [5.74, 6) is -2.07. The number of nitrogens with two attached hydrogens (primary N) is 1. The van der Waals surface area contributed by atoms with Crippen LogP contribution < -0.4 is 5.73 Å². The maximum atomic E-state index is 12.2. The van der Waals surface area contributed by atoms with Gasteiger partial charge in [-0.15, -0.1) is 0 Å². The summed E-state index contributed by atoms with van der Waals surface area (Å²) in [5.41, 5.74) is 7.04. The summed E-state index contributed by atoms with van der Waals surface area (Å²) in [7, 11) is 2.44. The summed E-state index contributed by atoms with van der Waals surface area (Å²) in [4.78, 5) is 24.4. The Bertz CT molecular complexity index is 746. The van der Waals surface area contributed by atoms with E-state index in [1.165, 1.54) is 14.2 Å². The lowest BCUT2D eigenvalue weighted by molar-refractivity contribution is -0.137. The number of esters is 2. The fraction of sp³-hybridized carbons (Fsp3) is 0.235. The van der Waals surface area contributed by atoms with Crippen molar-refractivity contribution in [3.05, 3.63) is 58.2 Å². The number of carbonyl (C=O) groups is 2. The molecule has 0 aliphatic carbocycles. The molecule has 0 unspecified atom stereocenters. The van der Waals surface area contributed by atoms with Gasteiger partial charge in [0.1, 0.15) is 11.3 Å². The van der Waals surface area contributed by atoms with Gasteiger partial charge in [0.25, 0.3) is 0 Å². The Labute approximate surface area is 138 Å². The molecule has 1 aliphatic rings. The number of nitrogens with zero attached hydrogens (tertiary/aromatic N) is 1. The Kier molecular flexibility index (Phi) is 4.90. The van der Waals surface area contributed by atoms with Crippen LogP contribution in [0.15, 0.2) is 47.1 Å². The highest BCUT2D eigenvalue weighted by Crippen LogP contribution is 2.40. The molecule has 0 amide bonds. The fourth-order valence-corrected chi connectivity index (χ4v) is 2.55. The zero-order valence-corrected chi connectivity index (χ0v) is 13.5. The Morgan fingerprint density at radius 1 is 1.12 bits per heavy atom. The SMILES string of the molecule is COC(=O)C1=C(C)OC(N)=C(C(=O)OC)[C@H]1c1ccc(C#N)cc1. The summed E-state index contributed by atoms with van der Waals surface area (Å²) in [6.07, 6.45) is 0. The largest absolute Gasteiger partial charge is 0.466 e. The van der Waals surface area contributed by atoms with Gasteiger partial charge in [-0.25, -0.2) is 9.59 Å². The Morgan fingerprint density at radius 2 is 1.67 bits per heavy atom. The lowest BCUT2D eigenvalue weighted by atomic mass is 9.82. The molecule has 0 aromatic heterocycles. The summed E-state index contributed by atoms with van der Waals surface area (Å²) in [5, 5.41) is 8.92. The number of rotatable bonds is 3. The third-order valence-electron chi connectivity index (χ3n) is 3.67. The second-order valence-corrected chi connectivity index (χ2v) is 5.00. The van der Waals surface area contributed by atoms with Gasteiger partial charge < -0.3 is 19.9 Å². The van der Waals surface area contributed by atoms with Crippen LogP contribution in [0, 0.1) is 11.3 Å². The van der Waals surface area contributed by atoms with Crippen LogP contribution in [-0.4, -0.2) is 26.2 Å². The van der Waals surface area contributed by atoms with Gasteiger partial charge in [0.2, 0.25) is 5.88 Å². The molecule has 0 saturated carbocycles. The van der Waals surface area contributed by atoms with Gasteiger partial charge in [-0.1, -0.05) is 12.1 Å². The molecule has 124 valence electrons. The first-order chi connectivity index (χ1) is 11.4. The molecule has 1 aromatic rings. The molecule has 2 rings (SSSR count). The number of hydrogen-bond acceptors (Lipinski definition) is 7. The van der Waals surface area contributed by atoms with Gasteiger partial charge in [-0.2, -0.15) is 5.26 Å². The van der Waals surface area contributed by atoms with E-state index < -0.39 is 17.9 Å². The summed E-state index contributed by atoms with van der Waals surface area (Å²) < 4.78 is 14.9. The highest BCUT2D eigenvalue weighted by molar-refractivity contribution is 5.99. The quantitative estimate of drug-likeness (QED) is 0.836. The van der Waals surface area contributed by atoms with Gasteiger partial charge >= 0.3 is 11.9 Å². The molecule has 1 aliphatic heterocycles. The van der Waals surface area contributed by atoms with Crippen LogP contribution in [0.5, 0.6) is 0 Å². The van der Waals surface area contributed by atoms with Crippen molar-refractivity contribution in [2.45, 2.75) is 12.8 Å². The number of carbonyl (C=O) groups excluding carboxylic acids is 2. The number of allylic oxidation sites excluding steroid dienone is 1. The Hall–Kier alpha value is -3.27. The fourth-order valence-electron chi connectivity index (χ4n) is 2.55. The highest BCUT2D eigenvalue weighted by Gasteiger charge is 2.39. The highest BCUT2D eigenvalue weighted by atomic mass is 16.5. The van der Waals surface area contributed by atoms with Crippen LogP contribution in [-0.2, 0) is 23.8 Å². The van der Waals surface area contributed by atoms with Crippen molar-refractivity contribution in [2.75, 3.05) is 14.2 Å². The maximum absolute atomic E-state index is 12.2. The lowest BCUT2D eigenvalue weighted by Crippen LogP contribution is -2.29. The minimum atomic E-state index is -0.814. The van der Waals surface area contributed by atoms with Crippen LogP contribution in [0.1, 0.15) is 24.0 Å². The topological polar surface area (TPSA) is 112 Å². The predicted molar refractivity (Wildman–Crippen MR) is 82.9 cm³/mol. The second-order valence-electron chi connectivity index (χ2n) is 5.00. The molecule has 24 heavy (non-hydrogen) atoms. The minimum Gasteiger partial charge on any atom is -0.466 e. The molecule has 0 fully saturated rings. The lowest BCUT2D eigenvalue weighted by Gasteiger charge is -2.28. The number of hydrogen-bond donors (Lipinski definition) is 1. The van der Waals surface area contributed by atoms with E-state index in [1.54, 1.807) is 31.2 Å². The first-order valence-corrected chi connectivity index (χ1v) is 6.99. The number of nitriles is 1. The van der Waals surface area contributed by atoms with Crippen LogP contribution in [0.3, 0.4) is 0 Å². The molecule has 0 radical (unpaired) electrons. The molecular weight excluding hydrogens is 312 g/mol. The van der Waals surface area contributed by atoms with Crippen molar-refractivity contribution in [3.8, 4) is 6.07 Å². The van der Waals surface area contributed by atoms with Crippen molar-refractivity contribution in [1.82, 2.24) is 0 Å². The van der Waals surface area contributed by atoms with Crippen LogP contribution >= 0.6 is 0 Å². The molecule has 0 bridgehead atoms. The summed E-state index contributed by atoms with van der Waals surface area (Å²) >= 11 is 0. The zero-order valence-electron chi connectivity index (χ0n) is 13.5. The van der Waals surface area contributed by atoms with E-state index in [-0.39, 0.29) is 22.8 Å². The van der Waals surface area contributed by atoms with E-state index in [9.17, 15) is 9.59 Å². The van der Waals surface area contributed by atoms with Gasteiger partial charge in [0.15, 0.2) is 0 Å². The predicted octanol–water partition coefficient (Wildman–Crippen LogP) is 1.46. The molecule has 1 heterocycles. The molecule has 0 saturated heterocycles. The maximum Gasteiger partial charge on any atom is 0.340 e. The molecular formula is C17H16N2O5. The van der Waals surface area contributed by atoms with Crippen LogP contribution in [0.25, 0.3) is 0 Å². The summed E-state index contributed by atoms with van der Waals surface area (Å²) in [6, 6.07) is 8.45. The van der Waals surface area contributed by atoms with Crippen molar-refractivity contribution >= 4 is 11.9 Å². The van der Waals surface area contributed by atoms with Crippen molar-refractivity contribution in [2.24, 2.45) is 5.73 Å². The average Bonchev–Trinajstić information content (AvgIpc) is 2.60. The van der Waals surface area contributed by atoms with E-state index in [4.69, 9.17) is 25.2 Å². The van der Waals surface area contributed by atoms with E-state index in [0.29, 0.717) is 11.1 Å². The van der Waals surface area contributed by atoms with Crippen LogP contribution in [0.2, 0.25) is 0 Å². The third kappa shape index (κ3) is 2.94. The minimum absolute atomic E-state index is 0.00760. The van der Waals surface area contributed by atoms with Gasteiger partial charge in [-0.05, 0) is 24.6 Å². The number of ether oxygens (including phenoxy) is 3. The Balaban J connectivity index is 2.67. The molecule has 0 spiro atoms. The zero-order chi connectivity index (χ0) is 17.9. The smallest absolute Gasteiger partial charge is 0.340 e. The van der Waals surface area contributed by atoms with Crippen molar-refractivity contribution in [1.29, 1.82) is 5.26 Å². The van der Waals surface area contributed by atoms with Gasteiger partial charge in [0, 0.05) is 0 Å². The molecule has 7 nitrogen and oxygen atoms in total. The number of benzene rings is 1. The first kappa shape index (κ1) is 17.1. The summed E-state index contributed by atoms with van der Waals surface area (Å²) in [6.45, 7) is 1.56. The van der Waals surface area contributed by atoms with Gasteiger partial charge in [0.05, 0.1) is 37.3 Å². The molecule has 2 N–H and O–H groups in total. The van der Waals surface area contributed by atoms with Crippen LogP contribution in [0.4, 0.5) is 0 Å². The van der Waals surface area contributed by atoms with E-state index >= 15 is 0 Å². The standard InChI is InChI=1S/C17H16N2O5/c1-9-12(16(20)22-2)13(11-6-4-10(8-18)5-7-11)14(15(19)24-9)17(21)23-3/h4-7,13H,19H2,1-3H3/t13-/m0/s1. The molecule has 7 heteroatoms. The molecule has 1 aromatic carbocycles. The van der Waals surface area contributed by atoms with Crippen molar-refractivity contribution < 1.29 is 23.8 Å². The van der Waals surface area contributed by atoms with E-state index in [0.717, 1.165) is 0 Å². The molecule has 1 atom stereocenters. The van der Waals surface area contributed by atoms with Gasteiger partial charge in [-0.3, -0.25) is 0 Å². The Morgan fingerprint density at radius 3 is 2.17 bits per heavy atom. The third-order valence-corrected chi connectivity index (χ3v) is 3.67. The monoisotopic (exact) mass is 328 g/mol. The van der Waals surface area contributed by atoms with E-state index in [2.05, 4.69) is 0 Å². The van der Waals surface area contributed by atoms with Crippen molar-refractivity contribution in [3.63, 3.8) is 0 Å². The normalized spacial score (nSPS) is 17.0. The second kappa shape index (κ2) is 6.87. The number of methoxy groups -OCH3 is 2. The average molecular weight is 328 g/mol. The van der Waals surface area contributed by atoms with E-state index in [1.807, 2.05) is 6.07 Å².